The van der Waals surface area contributed by atoms with Crippen molar-refractivity contribution in [2.45, 2.75) is 31.2 Å². The number of benzene rings is 1. The van der Waals surface area contributed by atoms with Crippen molar-refractivity contribution in [3.05, 3.63) is 42.7 Å². The van der Waals surface area contributed by atoms with Crippen LogP contribution in [0.2, 0.25) is 0 Å². The lowest BCUT2D eigenvalue weighted by molar-refractivity contribution is -0.135. The van der Waals surface area contributed by atoms with Crippen LogP contribution in [0.1, 0.15) is 25.7 Å². The summed E-state index contributed by atoms with van der Waals surface area (Å²) >= 11 is 0. The van der Waals surface area contributed by atoms with E-state index in [9.17, 15) is 4.79 Å². The Kier molecular flexibility index (Phi) is 4.51. The minimum absolute atomic E-state index is 0.0657. The number of anilines is 1. The van der Waals surface area contributed by atoms with Crippen LogP contribution in [-0.2, 0) is 4.79 Å². The van der Waals surface area contributed by atoms with Gasteiger partial charge in [0.05, 0.1) is 12.1 Å². The number of hydrogen-bond acceptors (Lipinski definition) is 5. The molecule has 3 aliphatic rings. The van der Waals surface area contributed by atoms with Gasteiger partial charge in [0.1, 0.15) is 0 Å². The molecule has 0 atom stereocenters. The molecule has 0 N–H and O–H groups in total. The Balaban J connectivity index is 1.26. The molecule has 1 aromatic heterocycles. The van der Waals surface area contributed by atoms with Crippen LogP contribution < -0.4 is 4.90 Å². The average molecular weight is 377 g/mol. The molecule has 1 amide bonds. The molecule has 28 heavy (non-hydrogen) atoms. The van der Waals surface area contributed by atoms with Crippen LogP contribution in [0.3, 0.4) is 0 Å². The summed E-state index contributed by atoms with van der Waals surface area (Å²) in [5, 5.41) is 0. The van der Waals surface area contributed by atoms with E-state index in [2.05, 4.69) is 48.9 Å². The summed E-state index contributed by atoms with van der Waals surface area (Å²) < 4.78 is 0. The van der Waals surface area contributed by atoms with Crippen molar-refractivity contribution < 1.29 is 4.79 Å². The highest BCUT2D eigenvalue weighted by Crippen LogP contribution is 2.45. The summed E-state index contributed by atoms with van der Waals surface area (Å²) in [7, 11) is 0. The minimum atomic E-state index is 0.0657. The third kappa shape index (κ3) is 3.37. The molecule has 0 unspecified atom stereocenters. The SMILES string of the molecule is O=C(CN1CCCC1)N1CCN(c2ccc(-c3ncccn3)cc2)CC12CC2. The Labute approximate surface area is 166 Å². The zero-order valence-electron chi connectivity index (χ0n) is 16.3. The Bertz CT molecular complexity index is 828. The van der Waals surface area contributed by atoms with Crippen LogP contribution in [0.4, 0.5) is 5.69 Å². The molecular weight excluding hydrogens is 350 g/mol. The van der Waals surface area contributed by atoms with Gasteiger partial charge in [-0.15, -0.1) is 0 Å². The van der Waals surface area contributed by atoms with E-state index in [4.69, 9.17) is 0 Å². The third-order valence-corrected chi connectivity index (χ3v) is 6.39. The first-order chi connectivity index (χ1) is 13.7. The number of nitrogens with zero attached hydrogens (tertiary/aromatic N) is 5. The molecule has 1 aromatic carbocycles. The molecule has 0 radical (unpaired) electrons. The second kappa shape index (κ2) is 7.17. The smallest absolute Gasteiger partial charge is 0.237 e. The fourth-order valence-electron chi connectivity index (χ4n) is 4.65. The highest BCUT2D eigenvalue weighted by molar-refractivity contribution is 5.80. The molecule has 6 nitrogen and oxygen atoms in total. The van der Waals surface area contributed by atoms with Gasteiger partial charge in [-0.3, -0.25) is 9.69 Å². The van der Waals surface area contributed by atoms with Crippen LogP contribution in [0.25, 0.3) is 11.4 Å². The van der Waals surface area contributed by atoms with Gasteiger partial charge in [0.25, 0.3) is 0 Å². The zero-order chi connectivity index (χ0) is 19.0. The third-order valence-electron chi connectivity index (χ3n) is 6.39. The predicted molar refractivity (Wildman–Crippen MR) is 109 cm³/mol. The summed E-state index contributed by atoms with van der Waals surface area (Å²) in [5.74, 6) is 1.08. The number of aromatic nitrogens is 2. The number of hydrogen-bond donors (Lipinski definition) is 0. The van der Waals surface area contributed by atoms with Gasteiger partial charge in [-0.05, 0) is 69.1 Å². The Morgan fingerprint density at radius 3 is 2.36 bits per heavy atom. The van der Waals surface area contributed by atoms with E-state index in [0.29, 0.717) is 12.5 Å². The quantitative estimate of drug-likeness (QED) is 0.819. The predicted octanol–water partition coefficient (Wildman–Crippen LogP) is 2.42. The van der Waals surface area contributed by atoms with E-state index in [1.54, 1.807) is 12.4 Å². The van der Waals surface area contributed by atoms with E-state index in [1.807, 2.05) is 6.07 Å². The normalized spacial score (nSPS) is 21.3. The lowest BCUT2D eigenvalue weighted by Crippen LogP contribution is -2.58. The van der Waals surface area contributed by atoms with Crippen molar-refractivity contribution in [1.82, 2.24) is 19.8 Å². The fraction of sp³-hybridized carbons (Fsp3) is 0.500. The summed E-state index contributed by atoms with van der Waals surface area (Å²) in [6.45, 7) is 5.44. The molecular formula is C22H27N5O. The monoisotopic (exact) mass is 377 g/mol. The highest BCUT2D eigenvalue weighted by Gasteiger charge is 2.53. The largest absolute Gasteiger partial charge is 0.367 e. The standard InChI is InChI=1S/C22H27N5O/c28-20(16-25-12-1-2-13-25)27-15-14-26(17-22(27)8-9-22)19-6-4-18(5-7-19)21-23-10-3-11-24-21/h3-7,10-11H,1-2,8-9,12-17H2. The van der Waals surface area contributed by atoms with E-state index in [0.717, 1.165) is 57.0 Å². The molecule has 3 fully saturated rings. The summed E-state index contributed by atoms with van der Waals surface area (Å²) in [6, 6.07) is 10.3. The summed E-state index contributed by atoms with van der Waals surface area (Å²) in [4.78, 5) is 28.5. The van der Waals surface area contributed by atoms with E-state index < -0.39 is 0 Å². The number of rotatable bonds is 4. The van der Waals surface area contributed by atoms with Crippen LogP contribution >= 0.6 is 0 Å². The molecule has 3 heterocycles. The molecule has 2 aromatic rings. The van der Waals surface area contributed by atoms with Crippen molar-refractivity contribution in [2.24, 2.45) is 0 Å². The van der Waals surface area contributed by atoms with Gasteiger partial charge in [-0.2, -0.15) is 0 Å². The van der Waals surface area contributed by atoms with Gasteiger partial charge in [-0.25, -0.2) is 9.97 Å². The molecule has 6 heteroatoms. The fourth-order valence-corrected chi connectivity index (χ4v) is 4.65. The first kappa shape index (κ1) is 17.6. The van der Waals surface area contributed by atoms with Crippen molar-refractivity contribution >= 4 is 11.6 Å². The lowest BCUT2D eigenvalue weighted by atomic mass is 10.1. The second-order valence-electron chi connectivity index (χ2n) is 8.29. The van der Waals surface area contributed by atoms with Gasteiger partial charge in [-0.1, -0.05) is 0 Å². The summed E-state index contributed by atoms with van der Waals surface area (Å²) in [6.07, 6.45) is 8.26. The number of piperazine rings is 1. The topological polar surface area (TPSA) is 52.6 Å². The molecule has 1 spiro atoms. The van der Waals surface area contributed by atoms with Gasteiger partial charge < -0.3 is 9.80 Å². The van der Waals surface area contributed by atoms with Crippen molar-refractivity contribution in [2.75, 3.05) is 44.2 Å². The Morgan fingerprint density at radius 1 is 0.964 bits per heavy atom. The Morgan fingerprint density at radius 2 is 1.68 bits per heavy atom. The minimum Gasteiger partial charge on any atom is -0.367 e. The molecule has 2 aliphatic heterocycles. The molecule has 1 aliphatic carbocycles. The first-order valence-electron chi connectivity index (χ1n) is 10.4. The maximum Gasteiger partial charge on any atom is 0.237 e. The van der Waals surface area contributed by atoms with Gasteiger partial charge in [0.2, 0.25) is 5.91 Å². The number of carbonyl (C=O) groups excluding carboxylic acids is 1. The average Bonchev–Trinajstić information content (AvgIpc) is 3.30. The maximum absolute atomic E-state index is 12.9. The first-order valence-corrected chi connectivity index (χ1v) is 10.4. The number of amides is 1. The maximum atomic E-state index is 12.9. The van der Waals surface area contributed by atoms with Gasteiger partial charge in [0, 0.05) is 43.3 Å². The highest BCUT2D eigenvalue weighted by atomic mass is 16.2. The van der Waals surface area contributed by atoms with Crippen LogP contribution in [0, 0.1) is 0 Å². The molecule has 5 rings (SSSR count). The molecule has 1 saturated carbocycles. The Hall–Kier alpha value is -2.47. The van der Waals surface area contributed by atoms with Crippen LogP contribution in [0.5, 0.6) is 0 Å². The van der Waals surface area contributed by atoms with E-state index in [1.165, 1.54) is 18.5 Å². The summed E-state index contributed by atoms with van der Waals surface area (Å²) in [5.41, 5.74) is 2.32. The van der Waals surface area contributed by atoms with Crippen molar-refractivity contribution in [3.63, 3.8) is 0 Å². The lowest BCUT2D eigenvalue weighted by Gasteiger charge is -2.43. The molecule has 0 bridgehead atoms. The molecule has 2 saturated heterocycles. The number of likely N-dealkylation sites (tertiary alicyclic amines) is 1. The van der Waals surface area contributed by atoms with E-state index >= 15 is 0 Å². The molecule has 146 valence electrons. The van der Waals surface area contributed by atoms with Crippen molar-refractivity contribution in [3.8, 4) is 11.4 Å². The van der Waals surface area contributed by atoms with Crippen molar-refractivity contribution in [1.29, 1.82) is 0 Å². The number of carbonyl (C=O) groups is 1. The second-order valence-corrected chi connectivity index (χ2v) is 8.29. The van der Waals surface area contributed by atoms with Gasteiger partial charge in [0.15, 0.2) is 5.82 Å². The van der Waals surface area contributed by atoms with E-state index in [-0.39, 0.29) is 5.54 Å². The zero-order valence-corrected chi connectivity index (χ0v) is 16.3. The van der Waals surface area contributed by atoms with Crippen LogP contribution in [-0.4, -0.2) is 70.5 Å². The van der Waals surface area contributed by atoms with Crippen LogP contribution in [0.15, 0.2) is 42.7 Å². The van der Waals surface area contributed by atoms with Gasteiger partial charge >= 0.3 is 0 Å².